The number of likely N-dealkylation sites (N-methyl/N-ethyl adjacent to an activating group) is 1. The maximum atomic E-state index is 4.25. The first kappa shape index (κ1) is 13.8. The molecule has 1 unspecified atom stereocenters. The third-order valence-corrected chi connectivity index (χ3v) is 3.53. The van der Waals surface area contributed by atoms with Crippen LogP contribution in [0.15, 0.2) is 36.7 Å². The van der Waals surface area contributed by atoms with Crippen LogP contribution in [-0.4, -0.2) is 22.6 Å². The lowest BCUT2D eigenvalue weighted by Crippen LogP contribution is -2.19. The van der Waals surface area contributed by atoms with Crippen LogP contribution in [0, 0.1) is 6.92 Å². The summed E-state index contributed by atoms with van der Waals surface area (Å²) in [5.74, 6) is 1.62. The van der Waals surface area contributed by atoms with E-state index in [-0.39, 0.29) is 0 Å². The first-order valence-electron chi connectivity index (χ1n) is 6.98. The fraction of sp³-hybridized carbons (Fsp3) is 0.438. The van der Waals surface area contributed by atoms with Crippen molar-refractivity contribution in [1.82, 2.24) is 14.9 Å². The van der Waals surface area contributed by atoms with Gasteiger partial charge in [-0.2, -0.15) is 0 Å². The molecular formula is C16H23N3. The minimum Gasteiger partial charge on any atom is -0.331 e. The normalized spacial score (nSPS) is 12.6. The van der Waals surface area contributed by atoms with Crippen molar-refractivity contribution in [2.24, 2.45) is 0 Å². The van der Waals surface area contributed by atoms with Gasteiger partial charge in [0.05, 0.1) is 0 Å². The summed E-state index contributed by atoms with van der Waals surface area (Å²) in [6.45, 7) is 9.40. The molecule has 1 heterocycles. The Bertz CT molecular complexity index is 499. The van der Waals surface area contributed by atoms with Gasteiger partial charge in [0.25, 0.3) is 0 Å². The molecule has 1 aromatic heterocycles. The van der Waals surface area contributed by atoms with E-state index in [1.165, 1.54) is 11.1 Å². The number of hydrogen-bond donors (Lipinski definition) is 1. The summed E-state index contributed by atoms with van der Waals surface area (Å²) in [7, 11) is 0. The molecule has 1 aromatic carbocycles. The van der Waals surface area contributed by atoms with Crippen LogP contribution in [-0.2, 0) is 6.54 Å². The second-order valence-electron chi connectivity index (χ2n) is 5.05. The molecule has 2 rings (SSSR count). The topological polar surface area (TPSA) is 29.9 Å². The third kappa shape index (κ3) is 3.67. The number of aryl methyl sites for hydroxylation is 1. The molecule has 3 heteroatoms. The molecule has 102 valence electrons. The lowest BCUT2D eigenvalue weighted by molar-refractivity contribution is 0.634. The van der Waals surface area contributed by atoms with Crippen molar-refractivity contribution >= 4 is 0 Å². The number of imidazole rings is 1. The van der Waals surface area contributed by atoms with Crippen LogP contribution in [0.2, 0.25) is 0 Å². The number of hydrogen-bond acceptors (Lipinski definition) is 2. The maximum absolute atomic E-state index is 4.25. The fourth-order valence-corrected chi connectivity index (χ4v) is 2.20. The summed E-state index contributed by atoms with van der Waals surface area (Å²) < 4.78 is 2.16. The van der Waals surface area contributed by atoms with Crippen LogP contribution in [0.25, 0.3) is 0 Å². The van der Waals surface area contributed by atoms with E-state index >= 15 is 0 Å². The smallest absolute Gasteiger partial charge is 0.105 e. The van der Waals surface area contributed by atoms with E-state index in [2.05, 4.69) is 53.0 Å². The number of nitrogens with zero attached hydrogens (tertiary/aromatic N) is 2. The highest BCUT2D eigenvalue weighted by atomic mass is 15.0. The molecule has 3 nitrogen and oxygen atoms in total. The largest absolute Gasteiger partial charge is 0.331 e. The molecule has 0 saturated heterocycles. The number of nitrogens with one attached hydrogen (secondary N) is 1. The van der Waals surface area contributed by atoms with E-state index < -0.39 is 0 Å². The molecule has 1 N–H and O–H groups in total. The second kappa shape index (κ2) is 6.53. The summed E-state index contributed by atoms with van der Waals surface area (Å²) in [6.07, 6.45) is 3.87. The van der Waals surface area contributed by atoms with E-state index in [4.69, 9.17) is 0 Å². The van der Waals surface area contributed by atoms with Crippen LogP contribution in [0.1, 0.15) is 36.7 Å². The highest BCUT2D eigenvalue weighted by molar-refractivity contribution is 5.25. The Morgan fingerprint density at radius 3 is 2.58 bits per heavy atom. The summed E-state index contributed by atoms with van der Waals surface area (Å²) >= 11 is 0. The van der Waals surface area contributed by atoms with Crippen molar-refractivity contribution in [2.45, 2.75) is 33.2 Å². The molecule has 0 aliphatic rings. The van der Waals surface area contributed by atoms with Gasteiger partial charge >= 0.3 is 0 Å². The van der Waals surface area contributed by atoms with Gasteiger partial charge in [-0.05, 0) is 30.5 Å². The summed E-state index contributed by atoms with van der Waals surface area (Å²) in [5, 5.41) is 3.39. The van der Waals surface area contributed by atoms with Crippen LogP contribution in [0.5, 0.6) is 0 Å². The van der Waals surface area contributed by atoms with Gasteiger partial charge in [0.2, 0.25) is 0 Å². The average molecular weight is 257 g/mol. The maximum Gasteiger partial charge on any atom is 0.105 e. The molecule has 0 fully saturated rings. The quantitative estimate of drug-likeness (QED) is 0.862. The second-order valence-corrected chi connectivity index (χ2v) is 5.05. The monoisotopic (exact) mass is 257 g/mol. The Hall–Kier alpha value is -1.61. The fourth-order valence-electron chi connectivity index (χ4n) is 2.20. The van der Waals surface area contributed by atoms with E-state index in [0.29, 0.717) is 5.92 Å². The zero-order chi connectivity index (χ0) is 13.7. The zero-order valence-corrected chi connectivity index (χ0v) is 12.1. The first-order chi connectivity index (χ1) is 9.20. The van der Waals surface area contributed by atoms with Gasteiger partial charge < -0.3 is 9.88 Å². The Kier molecular flexibility index (Phi) is 4.74. The van der Waals surface area contributed by atoms with Gasteiger partial charge in [-0.1, -0.05) is 38.1 Å². The number of aromatic nitrogens is 2. The Morgan fingerprint density at radius 2 is 2.00 bits per heavy atom. The zero-order valence-electron chi connectivity index (χ0n) is 12.1. The summed E-state index contributed by atoms with van der Waals surface area (Å²) in [4.78, 5) is 4.25. The van der Waals surface area contributed by atoms with Gasteiger partial charge in [-0.25, -0.2) is 4.98 Å². The lowest BCUT2D eigenvalue weighted by atomic mass is 10.00. The van der Waals surface area contributed by atoms with Crippen molar-refractivity contribution in [3.05, 3.63) is 53.6 Å². The van der Waals surface area contributed by atoms with Crippen molar-refractivity contribution in [2.75, 3.05) is 13.1 Å². The molecule has 2 aromatic rings. The van der Waals surface area contributed by atoms with Gasteiger partial charge in [-0.15, -0.1) is 0 Å². The highest BCUT2D eigenvalue weighted by Crippen LogP contribution is 2.16. The minimum atomic E-state index is 0.559. The standard InChI is InChI=1S/C16H23N3/c1-4-17-11-13(2)16-7-5-15(6-8-16)12-19-10-9-18-14(19)3/h5-10,13,17H,4,11-12H2,1-3H3. The highest BCUT2D eigenvalue weighted by Gasteiger charge is 2.05. The van der Waals surface area contributed by atoms with Crippen molar-refractivity contribution < 1.29 is 0 Å². The van der Waals surface area contributed by atoms with E-state index in [1.54, 1.807) is 0 Å². The molecule has 0 radical (unpaired) electrons. The van der Waals surface area contributed by atoms with Gasteiger partial charge in [-0.3, -0.25) is 0 Å². The number of rotatable bonds is 6. The van der Waals surface area contributed by atoms with Crippen LogP contribution in [0.4, 0.5) is 0 Å². The molecule has 0 saturated carbocycles. The molecule has 0 aliphatic heterocycles. The Balaban J connectivity index is 2.00. The molecule has 0 amide bonds. The van der Waals surface area contributed by atoms with E-state index in [1.807, 2.05) is 19.3 Å². The predicted octanol–water partition coefficient (Wildman–Crippen LogP) is 2.95. The minimum absolute atomic E-state index is 0.559. The van der Waals surface area contributed by atoms with Gasteiger partial charge in [0.1, 0.15) is 5.82 Å². The van der Waals surface area contributed by atoms with Crippen LogP contribution in [0.3, 0.4) is 0 Å². The lowest BCUT2D eigenvalue weighted by Gasteiger charge is -2.13. The Morgan fingerprint density at radius 1 is 1.26 bits per heavy atom. The predicted molar refractivity (Wildman–Crippen MR) is 79.5 cm³/mol. The summed E-state index contributed by atoms with van der Waals surface area (Å²) in [6, 6.07) is 8.92. The van der Waals surface area contributed by atoms with Gasteiger partial charge in [0, 0.05) is 25.5 Å². The molecular weight excluding hydrogens is 234 g/mol. The molecule has 0 bridgehead atoms. The molecule has 1 atom stereocenters. The van der Waals surface area contributed by atoms with Crippen molar-refractivity contribution in [3.8, 4) is 0 Å². The van der Waals surface area contributed by atoms with Crippen LogP contribution >= 0.6 is 0 Å². The first-order valence-corrected chi connectivity index (χ1v) is 6.98. The average Bonchev–Trinajstić information content (AvgIpc) is 2.82. The Labute approximate surface area is 115 Å². The third-order valence-electron chi connectivity index (χ3n) is 3.53. The SMILES string of the molecule is CCNCC(C)c1ccc(Cn2ccnc2C)cc1. The molecule has 0 aliphatic carbocycles. The van der Waals surface area contributed by atoms with E-state index in [0.717, 1.165) is 25.5 Å². The summed E-state index contributed by atoms with van der Waals surface area (Å²) in [5.41, 5.74) is 2.72. The molecule has 19 heavy (non-hydrogen) atoms. The molecule has 0 spiro atoms. The van der Waals surface area contributed by atoms with Crippen molar-refractivity contribution in [1.29, 1.82) is 0 Å². The number of benzene rings is 1. The van der Waals surface area contributed by atoms with Crippen molar-refractivity contribution in [3.63, 3.8) is 0 Å². The van der Waals surface area contributed by atoms with Crippen LogP contribution < -0.4 is 5.32 Å². The van der Waals surface area contributed by atoms with E-state index in [9.17, 15) is 0 Å². The van der Waals surface area contributed by atoms with Gasteiger partial charge in [0.15, 0.2) is 0 Å².